The van der Waals surface area contributed by atoms with Gasteiger partial charge in [0.2, 0.25) is 11.8 Å². The minimum absolute atomic E-state index is 0.0302. The van der Waals surface area contributed by atoms with E-state index in [1.54, 1.807) is 10.8 Å². The van der Waals surface area contributed by atoms with Crippen LogP contribution in [0.25, 0.3) is 11.8 Å². The third-order valence-corrected chi connectivity index (χ3v) is 7.28. The summed E-state index contributed by atoms with van der Waals surface area (Å²) in [6.45, 7) is 7.87. The average Bonchev–Trinajstić information content (AvgIpc) is 3.38. The Labute approximate surface area is 208 Å². The van der Waals surface area contributed by atoms with Crippen molar-refractivity contribution in [1.82, 2.24) is 4.57 Å². The van der Waals surface area contributed by atoms with E-state index in [1.807, 2.05) is 52.0 Å². The lowest BCUT2D eigenvalue weighted by Gasteiger charge is -2.21. The molecule has 1 amide bonds. The number of fused-ring (bicyclic) bond motifs is 1. The van der Waals surface area contributed by atoms with Gasteiger partial charge in [0.25, 0.3) is 5.56 Å². The van der Waals surface area contributed by atoms with Crippen molar-refractivity contribution in [2.24, 2.45) is 10.4 Å². The molecule has 2 aromatic rings. The van der Waals surface area contributed by atoms with Crippen molar-refractivity contribution < 1.29 is 9.53 Å². The number of nitrogens with zero attached hydrogens (tertiary/aromatic N) is 3. The van der Waals surface area contributed by atoms with Crippen LogP contribution in [0, 0.1) is 16.7 Å². The van der Waals surface area contributed by atoms with Gasteiger partial charge in [-0.15, -0.1) is 11.3 Å². The van der Waals surface area contributed by atoms with E-state index in [-0.39, 0.29) is 23.6 Å². The maximum atomic E-state index is 13.1. The van der Waals surface area contributed by atoms with Crippen molar-refractivity contribution in [3.63, 3.8) is 0 Å². The first-order valence-corrected chi connectivity index (χ1v) is 12.8. The monoisotopic (exact) mass is 493 g/mol. The standard InChI is InChI=1S/C26H31N5O3S/c1-5-31-23(32)21(15-28-16-9-8-10-17(13-16)29-25(33)26(2,3)4)35-24(31)18(14-27)22-30-19-11-6-7-12-20(19)34-22/h8-10,13,15,19-20,28H,5-7,11-12H2,1-4H3,(H,29,33)/t19-,20+/m0/s1. The maximum Gasteiger partial charge on any atom is 0.270 e. The molecule has 2 heterocycles. The first-order chi connectivity index (χ1) is 16.7. The van der Waals surface area contributed by atoms with E-state index in [9.17, 15) is 14.9 Å². The van der Waals surface area contributed by atoms with Gasteiger partial charge in [0.15, 0.2) is 0 Å². The Morgan fingerprint density at radius 3 is 2.74 bits per heavy atom. The van der Waals surface area contributed by atoms with Crippen LogP contribution in [-0.2, 0) is 16.1 Å². The van der Waals surface area contributed by atoms with E-state index in [0.717, 1.165) is 31.4 Å². The van der Waals surface area contributed by atoms with Crippen LogP contribution in [0.1, 0.15) is 53.4 Å². The van der Waals surface area contributed by atoms with E-state index in [4.69, 9.17) is 4.74 Å². The van der Waals surface area contributed by atoms with E-state index in [2.05, 4.69) is 21.7 Å². The molecule has 184 valence electrons. The number of carbonyl (C=O) groups excluding carboxylic acids is 1. The van der Waals surface area contributed by atoms with Gasteiger partial charge in [-0.1, -0.05) is 33.3 Å². The van der Waals surface area contributed by atoms with Crippen molar-refractivity contribution in [2.75, 3.05) is 10.6 Å². The van der Waals surface area contributed by atoms with Crippen molar-refractivity contribution in [3.8, 4) is 6.07 Å². The number of anilines is 2. The summed E-state index contributed by atoms with van der Waals surface area (Å²) in [4.78, 5) is 30.1. The zero-order valence-electron chi connectivity index (χ0n) is 20.6. The Balaban J connectivity index is 1.65. The van der Waals surface area contributed by atoms with Crippen LogP contribution in [0.5, 0.6) is 0 Å². The number of ether oxygens (including phenoxy) is 1. The largest absolute Gasteiger partial charge is 0.471 e. The molecule has 9 heteroatoms. The van der Waals surface area contributed by atoms with Crippen molar-refractivity contribution >= 4 is 46.3 Å². The molecule has 1 saturated carbocycles. The lowest BCUT2D eigenvalue weighted by atomic mass is 9.94. The summed E-state index contributed by atoms with van der Waals surface area (Å²) in [6, 6.07) is 9.64. The highest BCUT2D eigenvalue weighted by molar-refractivity contribution is 7.07. The quantitative estimate of drug-likeness (QED) is 0.665. The highest BCUT2D eigenvalue weighted by Gasteiger charge is 2.35. The maximum absolute atomic E-state index is 13.1. The Morgan fingerprint density at radius 1 is 1.31 bits per heavy atom. The van der Waals surface area contributed by atoms with Gasteiger partial charge < -0.3 is 15.4 Å². The van der Waals surface area contributed by atoms with Crippen LogP contribution in [0.4, 0.5) is 11.4 Å². The van der Waals surface area contributed by atoms with Crippen molar-refractivity contribution in [1.29, 1.82) is 5.26 Å². The van der Waals surface area contributed by atoms with Gasteiger partial charge in [-0.2, -0.15) is 5.26 Å². The molecule has 0 unspecified atom stereocenters. The second-order valence-electron chi connectivity index (χ2n) is 9.82. The van der Waals surface area contributed by atoms with Crippen LogP contribution in [0.2, 0.25) is 0 Å². The molecule has 1 fully saturated rings. The summed E-state index contributed by atoms with van der Waals surface area (Å²) >= 11 is 1.24. The van der Waals surface area contributed by atoms with E-state index < -0.39 is 5.41 Å². The van der Waals surface area contributed by atoms with Crippen LogP contribution in [0.15, 0.2) is 34.1 Å². The predicted molar refractivity (Wildman–Crippen MR) is 140 cm³/mol. The predicted octanol–water partition coefficient (Wildman–Crippen LogP) is 3.18. The van der Waals surface area contributed by atoms with Gasteiger partial charge in [-0.25, -0.2) is 4.99 Å². The molecule has 1 aliphatic heterocycles. The molecule has 0 spiro atoms. The summed E-state index contributed by atoms with van der Waals surface area (Å²) < 4.78 is 8.65. The molecule has 4 rings (SSSR count). The van der Waals surface area contributed by atoms with Gasteiger partial charge in [0.1, 0.15) is 26.9 Å². The number of hydrogen-bond acceptors (Lipinski definition) is 7. The third kappa shape index (κ3) is 5.33. The van der Waals surface area contributed by atoms with E-state index in [0.29, 0.717) is 32.9 Å². The number of carbonyl (C=O) groups is 1. The molecule has 0 saturated heterocycles. The highest BCUT2D eigenvalue weighted by atomic mass is 32.1. The topological polar surface area (TPSA) is 109 Å². The fourth-order valence-corrected chi connectivity index (χ4v) is 5.23. The number of amides is 1. The third-order valence-electron chi connectivity index (χ3n) is 6.15. The number of hydrogen-bond donors (Lipinski definition) is 2. The SMILES string of the molecule is CCn1c(=C(C#N)C2=N[C@H]3CCCC[C@H]3O2)sc(=CNc2cccc(NC(=O)C(C)(C)C)c2)c1=O. The normalized spacial score (nSPS) is 20.9. The molecule has 2 aliphatic rings. The minimum Gasteiger partial charge on any atom is -0.471 e. The molecular formula is C26H31N5O3S. The highest BCUT2D eigenvalue weighted by Crippen LogP contribution is 2.30. The number of benzene rings is 1. The molecule has 1 aromatic carbocycles. The van der Waals surface area contributed by atoms with Crippen LogP contribution < -0.4 is 25.4 Å². The van der Waals surface area contributed by atoms with E-state index >= 15 is 0 Å². The average molecular weight is 494 g/mol. The molecule has 8 nitrogen and oxygen atoms in total. The molecule has 35 heavy (non-hydrogen) atoms. The Hall–Kier alpha value is -3.38. The zero-order chi connectivity index (χ0) is 25.2. The fourth-order valence-electron chi connectivity index (χ4n) is 4.14. The molecule has 2 N–H and O–H groups in total. The molecular weight excluding hydrogens is 462 g/mol. The number of nitriles is 1. The second-order valence-corrected chi connectivity index (χ2v) is 10.9. The number of aromatic nitrogens is 1. The van der Waals surface area contributed by atoms with Gasteiger partial charge in [-0.3, -0.25) is 14.2 Å². The molecule has 2 atom stereocenters. The lowest BCUT2D eigenvalue weighted by Crippen LogP contribution is -2.32. The Bertz CT molecular complexity index is 1370. The number of aliphatic imine (C=N–C) groups is 1. The van der Waals surface area contributed by atoms with Crippen LogP contribution in [-0.4, -0.2) is 28.5 Å². The number of rotatable bonds is 5. The van der Waals surface area contributed by atoms with Crippen LogP contribution >= 0.6 is 11.3 Å². The fraction of sp³-hybridized carbons (Fsp3) is 0.462. The Kier molecular flexibility index (Phi) is 7.13. The number of thiazole rings is 1. The van der Waals surface area contributed by atoms with Gasteiger partial charge in [0.05, 0.1) is 6.04 Å². The van der Waals surface area contributed by atoms with E-state index in [1.165, 1.54) is 11.3 Å². The van der Waals surface area contributed by atoms with Crippen LogP contribution in [0.3, 0.4) is 0 Å². The smallest absolute Gasteiger partial charge is 0.270 e. The minimum atomic E-state index is -0.506. The zero-order valence-corrected chi connectivity index (χ0v) is 21.4. The summed E-state index contributed by atoms with van der Waals surface area (Å²) in [5, 5.41) is 16.0. The van der Waals surface area contributed by atoms with Gasteiger partial charge in [-0.05, 0) is 44.4 Å². The second kappa shape index (κ2) is 10.1. The Morgan fingerprint density at radius 2 is 2.06 bits per heavy atom. The molecule has 1 aliphatic carbocycles. The first-order valence-electron chi connectivity index (χ1n) is 12.0. The molecule has 0 radical (unpaired) electrons. The number of nitrogens with one attached hydrogen (secondary N) is 2. The van der Waals surface area contributed by atoms with Crippen molar-refractivity contribution in [3.05, 3.63) is 43.8 Å². The lowest BCUT2D eigenvalue weighted by molar-refractivity contribution is -0.123. The summed E-state index contributed by atoms with van der Waals surface area (Å²) in [5.74, 6) is 0.276. The summed E-state index contributed by atoms with van der Waals surface area (Å²) in [6.07, 6.45) is 5.81. The summed E-state index contributed by atoms with van der Waals surface area (Å²) in [5.41, 5.74) is 1.02. The summed E-state index contributed by atoms with van der Waals surface area (Å²) in [7, 11) is 0. The van der Waals surface area contributed by atoms with Crippen molar-refractivity contribution in [2.45, 2.75) is 72.1 Å². The van der Waals surface area contributed by atoms with Gasteiger partial charge in [0, 0.05) is 29.5 Å². The molecule has 1 aromatic heterocycles. The van der Waals surface area contributed by atoms with Gasteiger partial charge >= 0.3 is 0 Å². The first kappa shape index (κ1) is 24.7. The molecule has 0 bridgehead atoms.